The summed E-state index contributed by atoms with van der Waals surface area (Å²) in [5.41, 5.74) is 2.92. The Morgan fingerprint density at radius 1 is 0.566 bits per heavy atom. The Kier molecular flexibility index (Phi) is 31.0. The molecule has 29 heteroatoms. The van der Waals surface area contributed by atoms with Crippen molar-refractivity contribution in [3.8, 4) is 0 Å². The molecule has 0 radical (unpaired) electrons. The minimum atomic E-state index is -1.67. The van der Waals surface area contributed by atoms with Gasteiger partial charge in [-0.15, -0.1) is 0 Å². The molecule has 0 bridgehead atoms. The molecule has 3 rings (SSSR count). The molecule has 458 valence electrons. The van der Waals surface area contributed by atoms with E-state index in [0.29, 0.717) is 55.1 Å². The predicted octanol–water partition coefficient (Wildman–Crippen LogP) is 0.727. The number of benzene rings is 2. The topological polar surface area (TPSA) is 415 Å². The Labute approximate surface area is 485 Å². The van der Waals surface area contributed by atoms with Crippen LogP contribution in [0.2, 0.25) is 0 Å². The second-order valence-electron chi connectivity index (χ2n) is 20.3. The van der Waals surface area contributed by atoms with Gasteiger partial charge in [0.05, 0.1) is 37.8 Å². The van der Waals surface area contributed by atoms with Gasteiger partial charge >= 0.3 is 47.9 Å². The van der Waals surface area contributed by atoms with Gasteiger partial charge in [0.25, 0.3) is 0 Å². The summed E-state index contributed by atoms with van der Waals surface area (Å²) in [7, 11) is 4.08. The molecule has 1 unspecified atom stereocenters. The average molecular weight is 1190 g/mol. The van der Waals surface area contributed by atoms with Crippen LogP contribution in [0.4, 0.5) is 15.3 Å². The molecule has 1 fully saturated rings. The SMILES string of the molecule is CN1CCN(CC(=O)O)CCN(C)C(Cc2ccc(NC(=S)NCCCC[C@H](NC(=O)[C@H](CC(=O)O)CC(=O)[C@H](CC(=O)O)NC(=O)Cc3ccc(CNC(=O)NCCCC[C@H](NC(=O)NCCCC(=O)O)C(=O)O)cc3)C(=O)O)cc2)C1. The van der Waals surface area contributed by atoms with Gasteiger partial charge in [-0.25, -0.2) is 19.2 Å². The summed E-state index contributed by atoms with van der Waals surface area (Å²) in [6, 6.07) is 8.77. The number of carboxylic acids is 6. The first-order valence-electron chi connectivity index (χ1n) is 27.2. The highest BCUT2D eigenvalue weighted by Gasteiger charge is 2.33. The third kappa shape index (κ3) is 29.5. The first kappa shape index (κ1) is 69.2. The van der Waals surface area contributed by atoms with Crippen molar-refractivity contribution in [3.05, 3.63) is 65.2 Å². The van der Waals surface area contributed by atoms with Crippen LogP contribution in [0.25, 0.3) is 0 Å². The lowest BCUT2D eigenvalue weighted by Gasteiger charge is -2.30. The van der Waals surface area contributed by atoms with Crippen LogP contribution < -0.4 is 42.5 Å². The maximum absolute atomic E-state index is 13.5. The summed E-state index contributed by atoms with van der Waals surface area (Å²) in [6.07, 6.45) is -0.715. The fraction of sp³-hybridized carbons (Fsp3) is 0.556. The van der Waals surface area contributed by atoms with Gasteiger partial charge in [0.15, 0.2) is 10.9 Å². The van der Waals surface area contributed by atoms with Crippen molar-refractivity contribution < 1.29 is 83.4 Å². The second kappa shape index (κ2) is 37.2. The molecule has 28 nitrogen and oxygen atoms in total. The van der Waals surface area contributed by atoms with Gasteiger partial charge in [-0.2, -0.15) is 0 Å². The lowest BCUT2D eigenvalue weighted by atomic mass is 9.92. The fourth-order valence-electron chi connectivity index (χ4n) is 8.77. The molecule has 1 heterocycles. The van der Waals surface area contributed by atoms with Crippen molar-refractivity contribution in [1.82, 2.24) is 51.9 Å². The molecule has 14 N–H and O–H groups in total. The summed E-state index contributed by atoms with van der Waals surface area (Å²) in [4.78, 5) is 140. The van der Waals surface area contributed by atoms with Gasteiger partial charge in [-0.05, 0) is 107 Å². The van der Waals surface area contributed by atoms with Crippen molar-refractivity contribution in [2.24, 2.45) is 5.92 Å². The zero-order valence-corrected chi connectivity index (χ0v) is 47.5. The van der Waals surface area contributed by atoms with E-state index in [9.17, 15) is 78.3 Å². The number of rotatable bonds is 36. The molecule has 1 aliphatic rings. The van der Waals surface area contributed by atoms with E-state index in [1.807, 2.05) is 43.3 Å². The number of ketones is 1. The van der Waals surface area contributed by atoms with Crippen molar-refractivity contribution in [3.63, 3.8) is 0 Å². The molecule has 0 aliphatic carbocycles. The number of urea groups is 2. The monoisotopic (exact) mass is 1190 g/mol. The number of nitrogens with zero attached hydrogens (tertiary/aromatic N) is 3. The van der Waals surface area contributed by atoms with E-state index in [1.165, 1.54) is 0 Å². The molecule has 83 heavy (non-hydrogen) atoms. The molecule has 1 saturated heterocycles. The molecule has 6 amide bonds. The third-order valence-electron chi connectivity index (χ3n) is 13.4. The molecular weight excluding hydrogens is 1110 g/mol. The number of carbonyl (C=O) groups excluding carboxylic acids is 5. The molecule has 5 atom stereocenters. The summed E-state index contributed by atoms with van der Waals surface area (Å²) in [6.45, 7) is 4.29. The number of carbonyl (C=O) groups is 11. The quantitative estimate of drug-likeness (QED) is 0.0330. The highest BCUT2D eigenvalue weighted by Crippen LogP contribution is 2.17. The highest BCUT2D eigenvalue weighted by atomic mass is 32.1. The van der Waals surface area contributed by atoms with Gasteiger partial charge in [-0.1, -0.05) is 36.4 Å². The fourth-order valence-corrected chi connectivity index (χ4v) is 8.99. The van der Waals surface area contributed by atoms with E-state index in [-0.39, 0.29) is 70.7 Å². The Balaban J connectivity index is 1.42. The van der Waals surface area contributed by atoms with E-state index in [2.05, 4.69) is 52.3 Å². The van der Waals surface area contributed by atoms with Crippen molar-refractivity contribution >= 4 is 88.5 Å². The Morgan fingerprint density at radius 3 is 1.73 bits per heavy atom. The van der Waals surface area contributed by atoms with Gasteiger partial charge in [0, 0.05) is 83.5 Å². The van der Waals surface area contributed by atoms with Gasteiger partial charge in [-0.3, -0.25) is 38.5 Å². The summed E-state index contributed by atoms with van der Waals surface area (Å²) in [5, 5.41) is 77.6. The minimum Gasteiger partial charge on any atom is -0.481 e. The van der Waals surface area contributed by atoms with Crippen LogP contribution in [0.3, 0.4) is 0 Å². The van der Waals surface area contributed by atoms with Crippen LogP contribution >= 0.6 is 12.2 Å². The number of carboxylic acid groups (broad SMARTS) is 6. The molecular formula is C54H79N11O17S. The van der Waals surface area contributed by atoms with E-state index in [0.717, 1.165) is 37.3 Å². The summed E-state index contributed by atoms with van der Waals surface area (Å²) in [5.74, 6) is -11.9. The normalized spacial score (nSPS) is 15.4. The predicted molar refractivity (Wildman–Crippen MR) is 304 cm³/mol. The highest BCUT2D eigenvalue weighted by molar-refractivity contribution is 7.80. The van der Waals surface area contributed by atoms with Crippen LogP contribution in [0.1, 0.15) is 87.3 Å². The van der Waals surface area contributed by atoms with Crippen molar-refractivity contribution in [2.75, 3.05) is 78.3 Å². The van der Waals surface area contributed by atoms with Crippen LogP contribution in [0, 0.1) is 5.92 Å². The first-order chi connectivity index (χ1) is 39.4. The number of hydrogen-bond acceptors (Lipinski definition) is 15. The van der Waals surface area contributed by atoms with E-state index in [4.69, 9.17) is 17.3 Å². The number of aliphatic carboxylic acids is 6. The Hall–Kier alpha value is -8.02. The van der Waals surface area contributed by atoms with Crippen LogP contribution in [-0.4, -0.2) is 213 Å². The van der Waals surface area contributed by atoms with E-state index >= 15 is 0 Å². The van der Waals surface area contributed by atoms with E-state index in [1.54, 1.807) is 24.3 Å². The minimum absolute atomic E-state index is 0.00313. The van der Waals surface area contributed by atoms with Crippen molar-refractivity contribution in [2.45, 2.75) is 114 Å². The lowest BCUT2D eigenvalue weighted by Crippen LogP contribution is -2.47. The van der Waals surface area contributed by atoms with Crippen LogP contribution in [-0.2, 0) is 62.5 Å². The number of nitrogens with one attached hydrogen (secondary N) is 8. The van der Waals surface area contributed by atoms with Crippen LogP contribution in [0.5, 0.6) is 0 Å². The number of thiocarbonyl (C=S) groups is 1. The third-order valence-corrected chi connectivity index (χ3v) is 13.7. The molecule has 0 aromatic heterocycles. The average Bonchev–Trinajstić information content (AvgIpc) is 3.65. The zero-order chi connectivity index (χ0) is 61.4. The second-order valence-corrected chi connectivity index (χ2v) is 20.7. The number of amides is 6. The number of hydrogen-bond donors (Lipinski definition) is 14. The molecule has 0 spiro atoms. The number of anilines is 1. The summed E-state index contributed by atoms with van der Waals surface area (Å²) < 4.78 is 0. The largest absolute Gasteiger partial charge is 0.481 e. The van der Waals surface area contributed by atoms with Crippen LogP contribution in [0.15, 0.2) is 48.5 Å². The number of likely N-dealkylation sites (N-methyl/N-ethyl adjacent to an activating group) is 2. The number of Topliss-reactive ketones (excluding diaryl/α,β-unsaturated/α-hetero) is 1. The summed E-state index contributed by atoms with van der Waals surface area (Å²) >= 11 is 5.46. The zero-order valence-electron chi connectivity index (χ0n) is 46.7. The molecule has 0 saturated carbocycles. The van der Waals surface area contributed by atoms with Crippen molar-refractivity contribution in [1.29, 1.82) is 0 Å². The standard InChI is InChI=1S/C54H79N11O17S/c1-63-22-24-65(33-48(74)75)25-23-64(2)39(32-63)26-34-15-17-38(18-16-34)59-54(83)57-20-6-4-8-40(50(77)78)61-49(76)37(29-46(70)71)28-43(66)42(30-47(72)73)60-44(67)27-35-11-13-36(14-12-35)31-58-52(81)55-19-5-3-9-41(51(79)80)62-53(82)56-21-7-10-45(68)69/h11-18,37,39-42H,3-10,19-33H2,1-2H3,(H,60,67)(H,61,76)(H,68,69)(H,70,71)(H,72,73)(H,74,75)(H,77,78)(H,79,80)(H2,55,58,81)(H2,56,62,82)(H2,57,59,83)/t37-,39?,40-,41-,42-/m0/s1. The van der Waals surface area contributed by atoms with Gasteiger partial charge < -0.3 is 83.0 Å². The first-order valence-corrected chi connectivity index (χ1v) is 27.6. The molecule has 2 aromatic rings. The Bertz CT molecular complexity index is 2520. The molecule has 1 aliphatic heterocycles. The maximum atomic E-state index is 13.5. The Morgan fingerprint density at radius 2 is 1.13 bits per heavy atom. The smallest absolute Gasteiger partial charge is 0.326 e. The van der Waals surface area contributed by atoms with E-state index < -0.39 is 109 Å². The molecule has 2 aromatic carbocycles. The van der Waals surface area contributed by atoms with Gasteiger partial charge in [0.1, 0.15) is 12.1 Å². The number of unbranched alkanes of at least 4 members (excludes halogenated alkanes) is 2. The maximum Gasteiger partial charge on any atom is 0.326 e. The van der Waals surface area contributed by atoms with Gasteiger partial charge in [0.2, 0.25) is 11.8 Å². The lowest BCUT2D eigenvalue weighted by molar-refractivity contribution is -0.145.